The highest BCUT2D eigenvalue weighted by molar-refractivity contribution is 6.05. The molecule has 2 aromatic rings. The molecule has 27 heavy (non-hydrogen) atoms. The van der Waals surface area contributed by atoms with Crippen molar-refractivity contribution in [2.24, 2.45) is 5.84 Å². The van der Waals surface area contributed by atoms with Crippen molar-refractivity contribution < 1.29 is 23.8 Å². The number of nitrogens with one attached hydrogen (secondary N) is 2. The second-order valence-corrected chi connectivity index (χ2v) is 5.33. The Morgan fingerprint density at radius 2 is 1.59 bits per heavy atom. The molecule has 2 aromatic carbocycles. The molecule has 0 spiro atoms. The fourth-order valence-electron chi connectivity index (χ4n) is 2.27. The predicted molar refractivity (Wildman–Crippen MR) is 100 cm³/mol. The van der Waals surface area contributed by atoms with Gasteiger partial charge in [0, 0.05) is 5.56 Å². The van der Waals surface area contributed by atoms with Gasteiger partial charge in [0.25, 0.3) is 11.8 Å². The van der Waals surface area contributed by atoms with E-state index >= 15 is 0 Å². The molecule has 0 unspecified atom stereocenters. The van der Waals surface area contributed by atoms with Crippen LogP contribution in [0.5, 0.6) is 17.2 Å². The molecule has 0 saturated heterocycles. The molecule has 0 radical (unpaired) electrons. The second kappa shape index (κ2) is 9.25. The highest BCUT2D eigenvalue weighted by Crippen LogP contribution is 2.27. The van der Waals surface area contributed by atoms with Crippen LogP contribution in [0.15, 0.2) is 48.2 Å². The van der Waals surface area contributed by atoms with Crippen LogP contribution in [-0.4, -0.2) is 33.1 Å². The molecule has 0 fully saturated rings. The van der Waals surface area contributed by atoms with Gasteiger partial charge in [-0.05, 0) is 42.0 Å². The number of hydrogen-bond donors (Lipinski definition) is 3. The first-order valence-corrected chi connectivity index (χ1v) is 7.92. The van der Waals surface area contributed by atoms with Gasteiger partial charge in [-0.3, -0.25) is 15.0 Å². The van der Waals surface area contributed by atoms with Crippen molar-refractivity contribution in [1.82, 2.24) is 10.7 Å². The van der Waals surface area contributed by atoms with Gasteiger partial charge in [0.05, 0.1) is 21.3 Å². The molecule has 0 aliphatic rings. The molecule has 0 atom stereocenters. The molecule has 4 N–H and O–H groups in total. The first-order valence-electron chi connectivity index (χ1n) is 7.92. The zero-order valence-electron chi connectivity index (χ0n) is 15.2. The number of ether oxygens (including phenoxy) is 3. The summed E-state index contributed by atoms with van der Waals surface area (Å²) < 4.78 is 15.4. The number of methoxy groups -OCH3 is 3. The van der Waals surface area contributed by atoms with Crippen molar-refractivity contribution in [2.45, 2.75) is 0 Å². The molecule has 0 saturated carbocycles. The quantitative estimate of drug-likeness (QED) is 0.294. The minimum absolute atomic E-state index is 0.0116. The number of carbonyl (C=O) groups is 2. The van der Waals surface area contributed by atoms with Crippen LogP contribution in [0.2, 0.25) is 0 Å². The van der Waals surface area contributed by atoms with Crippen molar-refractivity contribution in [1.29, 1.82) is 0 Å². The average Bonchev–Trinajstić information content (AvgIpc) is 2.72. The molecule has 8 heteroatoms. The molecule has 0 bridgehead atoms. The highest BCUT2D eigenvalue weighted by Gasteiger charge is 2.15. The largest absolute Gasteiger partial charge is 0.497 e. The number of benzene rings is 2. The monoisotopic (exact) mass is 371 g/mol. The summed E-state index contributed by atoms with van der Waals surface area (Å²) >= 11 is 0. The summed E-state index contributed by atoms with van der Waals surface area (Å²) in [4.78, 5) is 24.6. The minimum Gasteiger partial charge on any atom is -0.497 e. The highest BCUT2D eigenvalue weighted by atomic mass is 16.5. The lowest BCUT2D eigenvalue weighted by atomic mass is 10.1. The number of hydrazine groups is 1. The van der Waals surface area contributed by atoms with E-state index in [4.69, 9.17) is 20.1 Å². The molecule has 0 aliphatic heterocycles. The van der Waals surface area contributed by atoms with Crippen LogP contribution < -0.4 is 30.8 Å². The van der Waals surface area contributed by atoms with Crippen molar-refractivity contribution in [2.75, 3.05) is 21.3 Å². The van der Waals surface area contributed by atoms with E-state index in [1.807, 2.05) is 5.43 Å². The summed E-state index contributed by atoms with van der Waals surface area (Å²) in [5.74, 6) is 5.64. The number of hydrogen-bond acceptors (Lipinski definition) is 6. The smallest absolute Gasteiger partial charge is 0.281 e. The number of amides is 2. The van der Waals surface area contributed by atoms with Crippen LogP contribution in [0, 0.1) is 0 Å². The SMILES string of the molecule is COc1ccc(/C=C(\NC(=O)c2ccc(OC)c(OC)c2)C(=O)NN)cc1. The second-order valence-electron chi connectivity index (χ2n) is 5.33. The van der Waals surface area contributed by atoms with Gasteiger partial charge < -0.3 is 19.5 Å². The maximum Gasteiger partial charge on any atom is 0.281 e. The Balaban J connectivity index is 2.28. The third-order valence-electron chi connectivity index (χ3n) is 3.70. The summed E-state index contributed by atoms with van der Waals surface area (Å²) in [6.45, 7) is 0. The molecular formula is C19H21N3O5. The van der Waals surface area contributed by atoms with Crippen LogP contribution in [0.25, 0.3) is 6.08 Å². The van der Waals surface area contributed by atoms with Gasteiger partial charge in [0.2, 0.25) is 0 Å². The Kier molecular flexibility index (Phi) is 6.79. The van der Waals surface area contributed by atoms with E-state index in [-0.39, 0.29) is 11.3 Å². The Labute approximate surface area is 156 Å². The summed E-state index contributed by atoms with van der Waals surface area (Å²) in [6.07, 6.45) is 1.50. The lowest BCUT2D eigenvalue weighted by molar-refractivity contribution is -0.117. The fraction of sp³-hybridized carbons (Fsp3) is 0.158. The van der Waals surface area contributed by atoms with Crippen LogP contribution in [0.3, 0.4) is 0 Å². The summed E-state index contributed by atoms with van der Waals surface area (Å²) in [5, 5.41) is 2.55. The van der Waals surface area contributed by atoms with Crippen LogP contribution in [0.4, 0.5) is 0 Å². The van der Waals surface area contributed by atoms with Crippen molar-refractivity contribution in [3.8, 4) is 17.2 Å². The van der Waals surface area contributed by atoms with E-state index in [9.17, 15) is 9.59 Å². The first kappa shape index (κ1) is 19.8. The average molecular weight is 371 g/mol. The van der Waals surface area contributed by atoms with E-state index < -0.39 is 11.8 Å². The van der Waals surface area contributed by atoms with Crippen molar-refractivity contribution >= 4 is 17.9 Å². The molecule has 142 valence electrons. The van der Waals surface area contributed by atoms with Crippen LogP contribution in [-0.2, 0) is 4.79 Å². The lowest BCUT2D eigenvalue weighted by Crippen LogP contribution is -2.38. The van der Waals surface area contributed by atoms with Gasteiger partial charge in [-0.25, -0.2) is 5.84 Å². The van der Waals surface area contributed by atoms with Gasteiger partial charge in [0.1, 0.15) is 11.4 Å². The molecule has 8 nitrogen and oxygen atoms in total. The van der Waals surface area contributed by atoms with Crippen molar-refractivity contribution in [3.05, 3.63) is 59.3 Å². The summed E-state index contributed by atoms with van der Waals surface area (Å²) in [7, 11) is 4.52. The lowest BCUT2D eigenvalue weighted by Gasteiger charge is -2.11. The number of rotatable bonds is 7. The Morgan fingerprint density at radius 3 is 2.15 bits per heavy atom. The van der Waals surface area contributed by atoms with E-state index in [1.165, 1.54) is 26.4 Å². The normalized spacial score (nSPS) is 10.7. The summed E-state index contributed by atoms with van der Waals surface area (Å²) in [5.41, 5.74) is 2.97. The molecule has 0 heterocycles. The standard InChI is InChI=1S/C19H21N3O5/c1-25-14-7-4-12(5-8-14)10-15(19(24)22-20)21-18(23)13-6-9-16(26-2)17(11-13)27-3/h4-11H,20H2,1-3H3,(H,21,23)(H,22,24)/b15-10-. The van der Waals surface area contributed by atoms with Gasteiger partial charge in [-0.1, -0.05) is 12.1 Å². The third-order valence-corrected chi connectivity index (χ3v) is 3.70. The van der Waals surface area contributed by atoms with E-state index in [1.54, 1.807) is 43.5 Å². The maximum atomic E-state index is 12.5. The molecular weight excluding hydrogens is 350 g/mol. The zero-order chi connectivity index (χ0) is 19.8. The maximum absolute atomic E-state index is 12.5. The molecule has 0 aromatic heterocycles. The molecule has 2 amide bonds. The van der Waals surface area contributed by atoms with Crippen LogP contribution >= 0.6 is 0 Å². The Morgan fingerprint density at radius 1 is 0.926 bits per heavy atom. The number of nitrogens with two attached hydrogens (primary N) is 1. The van der Waals surface area contributed by atoms with E-state index in [0.29, 0.717) is 22.8 Å². The topological polar surface area (TPSA) is 112 Å². The van der Waals surface area contributed by atoms with Gasteiger partial charge in [-0.2, -0.15) is 0 Å². The number of carbonyl (C=O) groups excluding carboxylic acids is 2. The van der Waals surface area contributed by atoms with Crippen LogP contribution in [0.1, 0.15) is 15.9 Å². The summed E-state index contributed by atoms with van der Waals surface area (Å²) in [6, 6.07) is 11.6. The zero-order valence-corrected chi connectivity index (χ0v) is 15.2. The van der Waals surface area contributed by atoms with Crippen molar-refractivity contribution in [3.63, 3.8) is 0 Å². The van der Waals surface area contributed by atoms with E-state index in [2.05, 4.69) is 5.32 Å². The fourth-order valence-corrected chi connectivity index (χ4v) is 2.27. The Bertz CT molecular complexity index is 847. The first-order chi connectivity index (χ1) is 13.0. The van der Waals surface area contributed by atoms with Gasteiger partial charge >= 0.3 is 0 Å². The molecule has 0 aliphatic carbocycles. The Hall–Kier alpha value is -3.52. The minimum atomic E-state index is -0.639. The third kappa shape index (κ3) is 4.99. The van der Waals surface area contributed by atoms with E-state index in [0.717, 1.165) is 0 Å². The van der Waals surface area contributed by atoms with Gasteiger partial charge in [-0.15, -0.1) is 0 Å². The molecule has 2 rings (SSSR count). The predicted octanol–water partition coefficient (Wildman–Crippen LogP) is 1.47. The van der Waals surface area contributed by atoms with Gasteiger partial charge in [0.15, 0.2) is 11.5 Å².